The van der Waals surface area contributed by atoms with E-state index < -0.39 is 49.2 Å². The molecule has 2 aromatic rings. The van der Waals surface area contributed by atoms with Gasteiger partial charge in [0.2, 0.25) is 0 Å². The second-order valence-electron chi connectivity index (χ2n) is 8.65. The maximum atomic E-state index is 16.3. The number of halogens is 1. The maximum Gasteiger partial charge on any atom is 0.529 e. The molecule has 1 unspecified atom stereocenters. The minimum Gasteiger partial charge on any atom is -0.404 e. The number of ether oxygens (including phenoxy) is 1. The van der Waals surface area contributed by atoms with Gasteiger partial charge in [-0.1, -0.05) is 30.4 Å². The third-order valence-corrected chi connectivity index (χ3v) is 7.88. The molecule has 4 rings (SSSR count). The summed E-state index contributed by atoms with van der Waals surface area (Å²) in [6, 6.07) is 6.60. The molecule has 0 bridgehead atoms. The summed E-state index contributed by atoms with van der Waals surface area (Å²) in [7, 11) is -0.975. The number of nitrogens with one attached hydrogen (secondary N) is 1. The number of aromatic amines is 1. The third kappa shape index (κ3) is 3.92. The number of alkyl halides is 1. The molecule has 4 N–H and O–H groups in total. The lowest BCUT2D eigenvalue weighted by Crippen LogP contribution is -2.60. The van der Waals surface area contributed by atoms with E-state index >= 15 is 4.39 Å². The van der Waals surface area contributed by atoms with Gasteiger partial charge in [-0.3, -0.25) is 18.6 Å². The van der Waals surface area contributed by atoms with E-state index in [0.717, 1.165) is 34.3 Å². The highest BCUT2D eigenvalue weighted by Crippen LogP contribution is 2.59. The fraction of sp³-hybridized carbons (Fsp3) is 0.412. The van der Waals surface area contributed by atoms with Crippen LogP contribution in [0.5, 0.6) is 5.75 Å². The van der Waals surface area contributed by atoms with Crippen molar-refractivity contribution < 1.29 is 42.6 Å². The normalized spacial score (nSPS) is 33.3. The van der Waals surface area contributed by atoms with E-state index in [0.29, 0.717) is 5.56 Å². The highest BCUT2D eigenvalue weighted by Gasteiger charge is 2.69. The smallest absolute Gasteiger partial charge is 0.404 e. The van der Waals surface area contributed by atoms with Gasteiger partial charge in [0.25, 0.3) is 5.85 Å². The second kappa shape index (κ2) is 8.42. The van der Waals surface area contributed by atoms with Crippen LogP contribution in [0.1, 0.15) is 11.1 Å². The number of aromatic nitrogens is 2. The van der Waals surface area contributed by atoms with Crippen molar-refractivity contribution in [2.45, 2.75) is 42.3 Å². The van der Waals surface area contributed by atoms with Gasteiger partial charge in [-0.2, -0.15) is 0 Å². The minimum atomic E-state index is -4.39. The molecule has 1 aromatic heterocycles. The molecule has 0 radical (unpaired) electrons. The number of hydrogen-bond donors (Lipinski definition) is 4. The summed E-state index contributed by atoms with van der Waals surface area (Å²) >= 11 is 4.96. The summed E-state index contributed by atoms with van der Waals surface area (Å²) in [5.74, 6) is -2.98. The Labute approximate surface area is 200 Å². The Morgan fingerprint density at radius 3 is 2.71 bits per heavy atom. The van der Waals surface area contributed by atoms with E-state index in [9.17, 15) is 24.7 Å². The van der Waals surface area contributed by atoms with E-state index in [1.807, 2.05) is 0 Å². The molecule has 0 amide bonds. The fourth-order valence-corrected chi connectivity index (χ4v) is 5.68. The van der Waals surface area contributed by atoms with Gasteiger partial charge < -0.3 is 24.6 Å². The zero-order valence-electron chi connectivity index (χ0n) is 18.4. The highest BCUT2D eigenvalue weighted by molar-refractivity contribution is 7.71. The minimum absolute atomic E-state index is 0.0551. The summed E-state index contributed by atoms with van der Waals surface area (Å²) in [6.07, 6.45) is -3.17. The molecule has 17 heteroatoms. The van der Waals surface area contributed by atoms with Gasteiger partial charge in [0.05, 0.1) is 18.6 Å². The predicted octanol–water partition coefficient (Wildman–Crippen LogP) is -2.29. The number of para-hydroxylation sites is 1. The van der Waals surface area contributed by atoms with Crippen molar-refractivity contribution in [1.29, 1.82) is 0 Å². The van der Waals surface area contributed by atoms with Crippen molar-refractivity contribution in [2.75, 3.05) is 0 Å². The lowest BCUT2D eigenvalue weighted by atomic mass is 9.59. The number of phosphoric ester groups is 1. The van der Waals surface area contributed by atoms with Crippen molar-refractivity contribution in [1.82, 2.24) is 9.55 Å². The average Bonchev–Trinajstić information content (AvgIpc) is 2.94. The summed E-state index contributed by atoms with van der Waals surface area (Å²) in [5, 5.41) is 28.7. The third-order valence-electron chi connectivity index (χ3n) is 5.97. The fourth-order valence-electron chi connectivity index (χ4n) is 3.94. The molecule has 0 saturated carbocycles. The predicted molar refractivity (Wildman–Crippen MR) is 126 cm³/mol. The number of rotatable bonds is 5. The molecule has 1 aromatic carbocycles. The molecule has 5 atom stereocenters. The van der Waals surface area contributed by atoms with Crippen molar-refractivity contribution in [3.63, 3.8) is 0 Å². The van der Waals surface area contributed by atoms with Crippen molar-refractivity contribution >= 4 is 43.6 Å². The van der Waals surface area contributed by atoms with Gasteiger partial charge in [-0.15, -0.1) is 0 Å². The lowest BCUT2D eigenvalue weighted by Gasteiger charge is -2.41. The number of phosphoric acid groups is 1. The maximum absolute atomic E-state index is 16.3. The summed E-state index contributed by atoms with van der Waals surface area (Å²) in [5.41, 5.74) is -2.36. The largest absolute Gasteiger partial charge is 0.529 e. The van der Waals surface area contributed by atoms with Crippen LogP contribution in [0.25, 0.3) is 0 Å². The van der Waals surface area contributed by atoms with Crippen LogP contribution in [0, 0.1) is 4.64 Å². The van der Waals surface area contributed by atoms with Gasteiger partial charge in [0, 0.05) is 17.3 Å². The van der Waals surface area contributed by atoms with Crippen molar-refractivity contribution in [3.8, 4) is 5.75 Å². The summed E-state index contributed by atoms with van der Waals surface area (Å²) < 4.78 is 51.8. The van der Waals surface area contributed by atoms with Gasteiger partial charge in [0.1, 0.15) is 43.9 Å². The van der Waals surface area contributed by atoms with Crippen LogP contribution in [0.2, 0.25) is 0 Å². The van der Waals surface area contributed by atoms with Crippen LogP contribution in [0.15, 0.2) is 35.3 Å². The molecular formula is C17H21B3FN2O9PS. The number of aliphatic hydroxyl groups is 3. The Balaban J connectivity index is 1.69. The molecule has 180 valence electrons. The van der Waals surface area contributed by atoms with E-state index in [4.69, 9.17) is 30.5 Å². The Morgan fingerprint density at radius 1 is 1.35 bits per heavy atom. The topological polar surface area (TPSA) is 152 Å². The molecule has 3 heterocycles. The van der Waals surface area contributed by atoms with Crippen LogP contribution in [-0.2, 0) is 37.2 Å². The van der Waals surface area contributed by atoms with Crippen LogP contribution in [-0.4, -0.2) is 71.9 Å². The monoisotopic (exact) mass is 512 g/mol. The van der Waals surface area contributed by atoms with Crippen LogP contribution < -0.4 is 10.2 Å². The first-order valence-electron chi connectivity index (χ1n) is 10.2. The zero-order valence-corrected chi connectivity index (χ0v) is 20.1. The molecule has 34 heavy (non-hydrogen) atoms. The quantitative estimate of drug-likeness (QED) is 0.196. The molecule has 1 fully saturated rings. The SMILES string of the molecule is BC(B)(OP1(=O)OCc2ccccc2O1)[C@@]1(F)O[C@@](B)(n2cc(CO)c(=S)[nH]c2=O)[C@H](O)[C@@H]1O. The van der Waals surface area contributed by atoms with Gasteiger partial charge in [-0.05, 0) is 6.07 Å². The van der Waals surface area contributed by atoms with Gasteiger partial charge in [-0.25, -0.2) is 13.8 Å². The summed E-state index contributed by atoms with van der Waals surface area (Å²) in [4.78, 5) is 14.8. The van der Waals surface area contributed by atoms with Gasteiger partial charge >= 0.3 is 13.5 Å². The lowest BCUT2D eigenvalue weighted by molar-refractivity contribution is -0.240. The number of hydrogen-bond acceptors (Lipinski definition) is 10. The van der Waals surface area contributed by atoms with Crippen LogP contribution in [0.3, 0.4) is 0 Å². The van der Waals surface area contributed by atoms with E-state index in [1.54, 1.807) is 18.2 Å². The van der Waals surface area contributed by atoms with E-state index in [-0.39, 0.29) is 22.6 Å². The molecule has 11 nitrogen and oxygen atoms in total. The average molecular weight is 512 g/mol. The number of aliphatic hydroxyl groups excluding tert-OH is 3. The molecule has 0 spiro atoms. The number of H-pyrrole nitrogens is 1. The Hall–Kier alpha value is -1.77. The van der Waals surface area contributed by atoms with Crippen LogP contribution in [0.4, 0.5) is 4.39 Å². The summed E-state index contributed by atoms with van der Waals surface area (Å²) in [6.45, 7) is -0.686. The Kier molecular flexibility index (Phi) is 6.27. The van der Waals surface area contributed by atoms with Crippen molar-refractivity contribution in [2.24, 2.45) is 0 Å². The molecule has 2 aliphatic heterocycles. The first-order chi connectivity index (χ1) is 15.8. The van der Waals surface area contributed by atoms with E-state index in [1.165, 1.54) is 6.07 Å². The molecule has 0 aliphatic carbocycles. The Morgan fingerprint density at radius 2 is 2.03 bits per heavy atom. The van der Waals surface area contributed by atoms with E-state index in [2.05, 4.69) is 4.98 Å². The van der Waals surface area contributed by atoms with Crippen LogP contribution >= 0.6 is 20.0 Å². The first kappa shape index (κ1) is 25.3. The standard InChI is InChI=1S/C17H21B3FN2O9PS/c18-16(23-5-9(6-24)13(34)22-14(23)27)12(26)11(25)15(21,31-16)17(19,20)32-33(28)29-7-8-3-1-2-4-10(8)30-33/h1-5,11-12,24-26H,6-7,18-20H2,(H,22,27,34)/t11-,12+,15-,16-,33?/m0/s1. The number of fused-ring (bicyclic) bond motifs is 1. The molecule has 2 aliphatic rings. The molecule has 1 saturated heterocycles. The highest BCUT2D eigenvalue weighted by atomic mass is 32.1. The number of benzene rings is 1. The zero-order chi connectivity index (χ0) is 25.1. The van der Waals surface area contributed by atoms with Crippen molar-refractivity contribution in [3.05, 3.63) is 56.7 Å². The second-order valence-corrected chi connectivity index (χ2v) is 10.6. The number of nitrogens with zero attached hydrogens (tertiary/aromatic N) is 1. The Bertz CT molecular complexity index is 1300. The first-order valence-corrected chi connectivity index (χ1v) is 12.1. The van der Waals surface area contributed by atoms with Gasteiger partial charge in [0.15, 0.2) is 7.85 Å². The molecular weight excluding hydrogens is 491 g/mol.